The van der Waals surface area contributed by atoms with E-state index in [9.17, 15) is 0 Å². The number of benzene rings is 1. The van der Waals surface area contributed by atoms with E-state index in [1.165, 1.54) is 5.56 Å². The lowest BCUT2D eigenvalue weighted by Gasteiger charge is -2.23. The minimum Gasteiger partial charge on any atom is -0.493 e. The highest BCUT2D eigenvalue weighted by Crippen LogP contribution is 2.31. The monoisotopic (exact) mass is 261 g/mol. The van der Waals surface area contributed by atoms with Crippen molar-refractivity contribution in [2.75, 3.05) is 14.2 Å². The van der Waals surface area contributed by atoms with E-state index < -0.39 is 0 Å². The van der Waals surface area contributed by atoms with Crippen LogP contribution >= 0.6 is 0 Å². The molecule has 0 aromatic heterocycles. The van der Waals surface area contributed by atoms with Crippen LogP contribution < -0.4 is 14.8 Å². The predicted octanol–water partition coefficient (Wildman–Crippen LogP) is 3.46. The average molecular weight is 261 g/mol. The molecule has 1 unspecified atom stereocenters. The number of rotatable bonds is 6. The van der Waals surface area contributed by atoms with Gasteiger partial charge in [-0.2, -0.15) is 0 Å². The molecule has 0 amide bonds. The molecule has 0 heterocycles. The van der Waals surface area contributed by atoms with Gasteiger partial charge >= 0.3 is 0 Å². The number of nitrogens with one attached hydrogen (secondary N) is 1. The van der Waals surface area contributed by atoms with Gasteiger partial charge in [0.15, 0.2) is 11.5 Å². The van der Waals surface area contributed by atoms with Crippen LogP contribution in [0.5, 0.6) is 11.5 Å². The Bertz CT molecular complexity index is 434. The molecule has 1 N–H and O–H groups in total. The Hall–Kier alpha value is -1.48. The van der Waals surface area contributed by atoms with Crippen molar-refractivity contribution in [1.29, 1.82) is 0 Å². The van der Waals surface area contributed by atoms with Gasteiger partial charge in [0.1, 0.15) is 0 Å². The van der Waals surface area contributed by atoms with Gasteiger partial charge < -0.3 is 14.8 Å². The molecule has 0 saturated carbocycles. The second-order valence-corrected chi connectivity index (χ2v) is 4.88. The summed E-state index contributed by atoms with van der Waals surface area (Å²) in [7, 11) is 3.34. The first-order valence-electron chi connectivity index (χ1n) is 6.91. The number of methoxy groups -OCH3 is 2. The molecule has 0 bridgehead atoms. The number of hydrogen-bond donors (Lipinski definition) is 1. The highest BCUT2D eigenvalue weighted by atomic mass is 16.5. The summed E-state index contributed by atoms with van der Waals surface area (Å²) >= 11 is 0. The Morgan fingerprint density at radius 2 is 1.84 bits per heavy atom. The van der Waals surface area contributed by atoms with Gasteiger partial charge in [-0.05, 0) is 37.0 Å². The first-order valence-corrected chi connectivity index (χ1v) is 6.91. The molecule has 1 aromatic carbocycles. The Morgan fingerprint density at radius 1 is 1.16 bits per heavy atom. The fraction of sp³-hybridized carbons (Fsp3) is 0.500. The fourth-order valence-electron chi connectivity index (χ4n) is 2.56. The molecule has 104 valence electrons. The molecule has 0 fully saturated rings. The van der Waals surface area contributed by atoms with Crippen LogP contribution in [-0.4, -0.2) is 20.3 Å². The molecular weight excluding hydrogens is 238 g/mol. The maximum Gasteiger partial charge on any atom is 0.161 e. The lowest BCUT2D eigenvalue weighted by Crippen LogP contribution is -2.30. The quantitative estimate of drug-likeness (QED) is 0.795. The van der Waals surface area contributed by atoms with Crippen molar-refractivity contribution in [3.8, 4) is 11.5 Å². The van der Waals surface area contributed by atoms with Crippen molar-refractivity contribution < 1.29 is 9.47 Å². The third-order valence-electron chi connectivity index (χ3n) is 3.66. The molecule has 0 saturated heterocycles. The SMILES string of the molecule is CCC(NC1CC=CC1)c1ccc(OC)c(OC)c1. The molecule has 19 heavy (non-hydrogen) atoms. The number of hydrogen-bond acceptors (Lipinski definition) is 3. The second-order valence-electron chi connectivity index (χ2n) is 4.88. The van der Waals surface area contributed by atoms with Gasteiger partial charge in [0.2, 0.25) is 0 Å². The molecule has 3 heteroatoms. The Morgan fingerprint density at radius 3 is 2.42 bits per heavy atom. The Balaban J connectivity index is 2.13. The predicted molar refractivity (Wildman–Crippen MR) is 77.9 cm³/mol. The third-order valence-corrected chi connectivity index (χ3v) is 3.66. The molecule has 0 aliphatic heterocycles. The zero-order valence-electron chi connectivity index (χ0n) is 12.0. The van der Waals surface area contributed by atoms with Crippen LogP contribution in [0.1, 0.15) is 37.8 Å². The van der Waals surface area contributed by atoms with E-state index in [2.05, 4.69) is 36.5 Å². The molecule has 1 aliphatic rings. The topological polar surface area (TPSA) is 30.5 Å². The first kappa shape index (κ1) is 13.9. The van der Waals surface area contributed by atoms with Crippen molar-refractivity contribution in [2.24, 2.45) is 0 Å². The van der Waals surface area contributed by atoms with Gasteiger partial charge in [-0.3, -0.25) is 0 Å². The van der Waals surface area contributed by atoms with Crippen molar-refractivity contribution in [3.05, 3.63) is 35.9 Å². The molecule has 1 aliphatic carbocycles. The maximum atomic E-state index is 5.38. The summed E-state index contributed by atoms with van der Waals surface area (Å²) in [5.74, 6) is 1.58. The summed E-state index contributed by atoms with van der Waals surface area (Å²) in [4.78, 5) is 0. The van der Waals surface area contributed by atoms with Crippen LogP contribution in [0.4, 0.5) is 0 Å². The van der Waals surface area contributed by atoms with Crippen LogP contribution in [0.2, 0.25) is 0 Å². The largest absolute Gasteiger partial charge is 0.493 e. The minimum atomic E-state index is 0.365. The Kier molecular flexibility index (Phi) is 4.86. The maximum absolute atomic E-state index is 5.38. The van der Waals surface area contributed by atoms with Gasteiger partial charge in [0.05, 0.1) is 14.2 Å². The molecule has 0 radical (unpaired) electrons. The van der Waals surface area contributed by atoms with Gasteiger partial charge in [-0.25, -0.2) is 0 Å². The zero-order valence-corrected chi connectivity index (χ0v) is 12.0. The van der Waals surface area contributed by atoms with E-state index in [4.69, 9.17) is 9.47 Å². The first-order chi connectivity index (χ1) is 9.28. The van der Waals surface area contributed by atoms with Crippen LogP contribution in [0.3, 0.4) is 0 Å². The minimum absolute atomic E-state index is 0.365. The normalized spacial score (nSPS) is 16.6. The summed E-state index contributed by atoms with van der Waals surface area (Å²) in [5, 5.41) is 3.71. The summed E-state index contributed by atoms with van der Waals surface area (Å²) in [6.07, 6.45) is 7.82. The lowest BCUT2D eigenvalue weighted by molar-refractivity contribution is 0.353. The van der Waals surface area contributed by atoms with E-state index >= 15 is 0 Å². The zero-order chi connectivity index (χ0) is 13.7. The van der Waals surface area contributed by atoms with E-state index in [0.717, 1.165) is 30.8 Å². The lowest BCUT2D eigenvalue weighted by atomic mass is 10.0. The molecule has 0 spiro atoms. The van der Waals surface area contributed by atoms with Gasteiger partial charge in [-0.1, -0.05) is 25.1 Å². The highest BCUT2D eigenvalue weighted by molar-refractivity contribution is 5.43. The molecule has 2 rings (SSSR count). The average Bonchev–Trinajstić information content (AvgIpc) is 2.97. The van der Waals surface area contributed by atoms with Gasteiger partial charge in [-0.15, -0.1) is 0 Å². The summed E-state index contributed by atoms with van der Waals surface area (Å²) in [6, 6.07) is 7.10. The second kappa shape index (κ2) is 6.62. The molecular formula is C16H23NO2. The summed E-state index contributed by atoms with van der Waals surface area (Å²) in [5.41, 5.74) is 1.26. The van der Waals surface area contributed by atoms with Gasteiger partial charge in [0.25, 0.3) is 0 Å². The highest BCUT2D eigenvalue weighted by Gasteiger charge is 2.17. The van der Waals surface area contributed by atoms with Crippen LogP contribution in [0.25, 0.3) is 0 Å². The van der Waals surface area contributed by atoms with Crippen molar-refractivity contribution >= 4 is 0 Å². The summed E-state index contributed by atoms with van der Waals surface area (Å²) < 4.78 is 10.7. The fourth-order valence-corrected chi connectivity index (χ4v) is 2.56. The van der Waals surface area contributed by atoms with E-state index in [0.29, 0.717) is 12.1 Å². The van der Waals surface area contributed by atoms with Crippen molar-refractivity contribution in [3.63, 3.8) is 0 Å². The van der Waals surface area contributed by atoms with Crippen molar-refractivity contribution in [2.45, 2.75) is 38.3 Å². The molecule has 1 aromatic rings. The van der Waals surface area contributed by atoms with Crippen molar-refractivity contribution in [1.82, 2.24) is 5.32 Å². The standard InChI is InChI=1S/C16H23NO2/c1-4-14(17-13-7-5-6-8-13)12-9-10-15(18-2)16(11-12)19-3/h5-6,9-11,13-14,17H,4,7-8H2,1-3H3. The van der Waals surface area contributed by atoms with Crippen LogP contribution in [0.15, 0.2) is 30.4 Å². The van der Waals surface area contributed by atoms with Gasteiger partial charge in [0, 0.05) is 12.1 Å². The number of ether oxygens (including phenoxy) is 2. The summed E-state index contributed by atoms with van der Waals surface area (Å²) in [6.45, 7) is 2.21. The Labute approximate surface area is 115 Å². The van der Waals surface area contributed by atoms with Crippen LogP contribution in [0, 0.1) is 0 Å². The van der Waals surface area contributed by atoms with Crippen LogP contribution in [-0.2, 0) is 0 Å². The van der Waals surface area contributed by atoms with E-state index in [1.807, 2.05) is 6.07 Å². The molecule has 3 nitrogen and oxygen atoms in total. The van der Waals surface area contributed by atoms with E-state index in [-0.39, 0.29) is 0 Å². The van der Waals surface area contributed by atoms with E-state index in [1.54, 1.807) is 14.2 Å². The molecule has 1 atom stereocenters. The third kappa shape index (κ3) is 3.29. The smallest absolute Gasteiger partial charge is 0.161 e.